The van der Waals surface area contributed by atoms with Gasteiger partial charge in [-0.05, 0) is 25.1 Å². The molecule has 0 radical (unpaired) electrons. The van der Waals surface area contributed by atoms with Crippen molar-refractivity contribution >= 4 is 17.2 Å². The maximum atomic E-state index is 5.67. The first kappa shape index (κ1) is 11.5. The molecule has 17 heavy (non-hydrogen) atoms. The number of nitrogens with two attached hydrogens (primary N) is 1. The molecule has 0 aliphatic heterocycles. The van der Waals surface area contributed by atoms with E-state index < -0.39 is 0 Å². The number of aromatic nitrogens is 1. The SMILES string of the molecule is Cc1ccc(Oc2ccnc(C(N)=S)c2)cc1. The summed E-state index contributed by atoms with van der Waals surface area (Å²) in [6.07, 6.45) is 1.62. The molecule has 4 heteroatoms. The molecule has 0 bridgehead atoms. The van der Waals surface area contributed by atoms with Gasteiger partial charge in [0, 0.05) is 12.3 Å². The average Bonchev–Trinajstić information content (AvgIpc) is 2.32. The second kappa shape index (κ2) is 4.93. The zero-order valence-corrected chi connectivity index (χ0v) is 10.2. The molecule has 0 amide bonds. The lowest BCUT2D eigenvalue weighted by atomic mass is 10.2. The predicted octanol–water partition coefficient (Wildman–Crippen LogP) is 2.82. The van der Waals surface area contributed by atoms with E-state index in [4.69, 9.17) is 22.7 Å². The van der Waals surface area contributed by atoms with Crippen molar-refractivity contribution in [2.75, 3.05) is 0 Å². The first-order chi connectivity index (χ1) is 8.15. The Labute approximate surface area is 105 Å². The van der Waals surface area contributed by atoms with Crippen LogP contribution in [0.2, 0.25) is 0 Å². The Kier molecular flexibility index (Phi) is 3.35. The van der Waals surface area contributed by atoms with Crippen LogP contribution in [0.3, 0.4) is 0 Å². The lowest BCUT2D eigenvalue weighted by molar-refractivity contribution is 0.481. The molecule has 0 spiro atoms. The lowest BCUT2D eigenvalue weighted by Gasteiger charge is -2.06. The molecule has 0 aliphatic carbocycles. The molecule has 2 aromatic rings. The van der Waals surface area contributed by atoms with Crippen LogP contribution in [-0.2, 0) is 0 Å². The van der Waals surface area contributed by atoms with Crippen molar-refractivity contribution in [3.8, 4) is 11.5 Å². The van der Waals surface area contributed by atoms with Gasteiger partial charge in [0.2, 0.25) is 0 Å². The van der Waals surface area contributed by atoms with Gasteiger partial charge in [-0.1, -0.05) is 29.9 Å². The summed E-state index contributed by atoms with van der Waals surface area (Å²) in [4.78, 5) is 4.31. The summed E-state index contributed by atoms with van der Waals surface area (Å²) in [5.41, 5.74) is 7.26. The van der Waals surface area contributed by atoms with E-state index in [1.54, 1.807) is 18.3 Å². The Morgan fingerprint density at radius 3 is 2.53 bits per heavy atom. The topological polar surface area (TPSA) is 48.1 Å². The number of pyridine rings is 1. The van der Waals surface area contributed by atoms with Crippen molar-refractivity contribution in [2.24, 2.45) is 5.73 Å². The van der Waals surface area contributed by atoms with Crippen LogP contribution in [0.4, 0.5) is 0 Å². The quantitative estimate of drug-likeness (QED) is 0.843. The second-order valence-electron chi connectivity index (χ2n) is 3.66. The summed E-state index contributed by atoms with van der Waals surface area (Å²) < 4.78 is 5.67. The van der Waals surface area contributed by atoms with E-state index >= 15 is 0 Å². The molecule has 3 nitrogen and oxygen atoms in total. The monoisotopic (exact) mass is 244 g/mol. The zero-order valence-electron chi connectivity index (χ0n) is 9.38. The molecule has 0 saturated carbocycles. The minimum atomic E-state index is 0.263. The largest absolute Gasteiger partial charge is 0.457 e. The third-order valence-corrected chi connectivity index (χ3v) is 2.45. The van der Waals surface area contributed by atoms with Crippen LogP contribution in [0, 0.1) is 6.92 Å². The van der Waals surface area contributed by atoms with Gasteiger partial charge in [-0.3, -0.25) is 4.98 Å². The minimum Gasteiger partial charge on any atom is -0.457 e. The van der Waals surface area contributed by atoms with E-state index in [2.05, 4.69) is 4.98 Å². The molecule has 0 fully saturated rings. The highest BCUT2D eigenvalue weighted by molar-refractivity contribution is 7.80. The average molecular weight is 244 g/mol. The molecule has 0 saturated heterocycles. The number of aryl methyl sites for hydroxylation is 1. The predicted molar refractivity (Wildman–Crippen MR) is 71.4 cm³/mol. The van der Waals surface area contributed by atoms with E-state index in [-0.39, 0.29) is 4.99 Å². The van der Waals surface area contributed by atoms with Gasteiger partial charge in [0.15, 0.2) is 0 Å². The maximum absolute atomic E-state index is 5.67. The maximum Gasteiger partial charge on any atom is 0.131 e. The van der Waals surface area contributed by atoms with Gasteiger partial charge in [0.05, 0.1) is 0 Å². The minimum absolute atomic E-state index is 0.263. The number of rotatable bonds is 3. The number of thiocarbonyl (C=S) groups is 1. The number of hydrogen-bond acceptors (Lipinski definition) is 3. The van der Waals surface area contributed by atoms with Crippen molar-refractivity contribution in [3.05, 3.63) is 53.9 Å². The molecule has 0 atom stereocenters. The van der Waals surface area contributed by atoms with E-state index in [9.17, 15) is 0 Å². The van der Waals surface area contributed by atoms with Crippen molar-refractivity contribution in [1.29, 1.82) is 0 Å². The highest BCUT2D eigenvalue weighted by atomic mass is 32.1. The first-order valence-electron chi connectivity index (χ1n) is 5.15. The van der Waals surface area contributed by atoms with Gasteiger partial charge in [0.1, 0.15) is 22.2 Å². The number of nitrogens with zero attached hydrogens (tertiary/aromatic N) is 1. The number of benzene rings is 1. The lowest BCUT2D eigenvalue weighted by Crippen LogP contribution is -2.11. The van der Waals surface area contributed by atoms with Crippen LogP contribution in [0.1, 0.15) is 11.3 Å². The Hall–Kier alpha value is -1.94. The van der Waals surface area contributed by atoms with Crippen LogP contribution in [0.5, 0.6) is 11.5 Å². The molecular formula is C13H12N2OS. The van der Waals surface area contributed by atoms with Gasteiger partial charge in [-0.15, -0.1) is 0 Å². The molecule has 1 heterocycles. The van der Waals surface area contributed by atoms with Gasteiger partial charge >= 0.3 is 0 Å². The summed E-state index contributed by atoms with van der Waals surface area (Å²) in [5.74, 6) is 1.45. The second-order valence-corrected chi connectivity index (χ2v) is 4.10. The van der Waals surface area contributed by atoms with Crippen LogP contribution in [0.15, 0.2) is 42.6 Å². The molecule has 1 aromatic heterocycles. The van der Waals surface area contributed by atoms with Crippen molar-refractivity contribution in [2.45, 2.75) is 6.92 Å². The Balaban J connectivity index is 2.21. The van der Waals surface area contributed by atoms with Crippen LogP contribution >= 0.6 is 12.2 Å². The van der Waals surface area contributed by atoms with Gasteiger partial charge in [-0.2, -0.15) is 0 Å². The summed E-state index contributed by atoms with van der Waals surface area (Å²) in [6.45, 7) is 2.03. The standard InChI is InChI=1S/C13H12N2OS/c1-9-2-4-10(5-3-9)16-11-6-7-15-12(8-11)13(14)17/h2-8H,1H3,(H2,14,17). The number of ether oxygens (including phenoxy) is 1. The van der Waals surface area contributed by atoms with Crippen LogP contribution < -0.4 is 10.5 Å². The zero-order chi connectivity index (χ0) is 12.3. The van der Waals surface area contributed by atoms with E-state index in [0.717, 1.165) is 5.75 Å². The highest BCUT2D eigenvalue weighted by Crippen LogP contribution is 2.21. The van der Waals surface area contributed by atoms with Gasteiger partial charge in [0.25, 0.3) is 0 Å². The highest BCUT2D eigenvalue weighted by Gasteiger charge is 2.01. The first-order valence-corrected chi connectivity index (χ1v) is 5.56. The summed E-state index contributed by atoms with van der Waals surface area (Å²) in [6, 6.07) is 11.3. The third-order valence-electron chi connectivity index (χ3n) is 2.24. The van der Waals surface area contributed by atoms with Crippen molar-refractivity contribution < 1.29 is 4.74 Å². The van der Waals surface area contributed by atoms with Gasteiger partial charge in [-0.25, -0.2) is 0 Å². The molecule has 2 N–H and O–H groups in total. The molecular weight excluding hydrogens is 232 g/mol. The van der Waals surface area contributed by atoms with Crippen LogP contribution in [-0.4, -0.2) is 9.97 Å². The molecule has 0 unspecified atom stereocenters. The smallest absolute Gasteiger partial charge is 0.131 e. The van der Waals surface area contributed by atoms with Crippen molar-refractivity contribution in [3.63, 3.8) is 0 Å². The van der Waals surface area contributed by atoms with E-state index in [1.165, 1.54) is 5.56 Å². The summed E-state index contributed by atoms with van der Waals surface area (Å²) in [7, 11) is 0. The fraction of sp³-hybridized carbons (Fsp3) is 0.0769. The van der Waals surface area contributed by atoms with Crippen LogP contribution in [0.25, 0.3) is 0 Å². The Morgan fingerprint density at radius 2 is 1.88 bits per heavy atom. The fourth-order valence-corrected chi connectivity index (χ4v) is 1.46. The van der Waals surface area contributed by atoms with Gasteiger partial charge < -0.3 is 10.5 Å². The summed E-state index contributed by atoms with van der Waals surface area (Å²) in [5, 5.41) is 0. The summed E-state index contributed by atoms with van der Waals surface area (Å²) >= 11 is 4.86. The molecule has 86 valence electrons. The molecule has 2 rings (SSSR count). The third kappa shape index (κ3) is 3.01. The molecule has 0 aliphatic rings. The number of hydrogen-bond donors (Lipinski definition) is 1. The molecule has 1 aromatic carbocycles. The Morgan fingerprint density at radius 1 is 1.18 bits per heavy atom. The Bertz CT molecular complexity index is 537. The van der Waals surface area contributed by atoms with E-state index in [1.807, 2.05) is 31.2 Å². The van der Waals surface area contributed by atoms with E-state index in [0.29, 0.717) is 11.4 Å². The normalized spacial score (nSPS) is 9.94. The fourth-order valence-electron chi connectivity index (χ4n) is 1.35. The van der Waals surface area contributed by atoms with Crippen molar-refractivity contribution in [1.82, 2.24) is 4.98 Å².